The normalized spacial score (nSPS) is 15.8. The van der Waals surface area contributed by atoms with Gasteiger partial charge in [0.1, 0.15) is 10.8 Å². The fourth-order valence-electron chi connectivity index (χ4n) is 5.56. The summed E-state index contributed by atoms with van der Waals surface area (Å²) in [7, 11) is -3.57. The number of sulfone groups is 1. The maximum Gasteiger partial charge on any atom is 0.229 e. The van der Waals surface area contributed by atoms with Crippen LogP contribution in [0.3, 0.4) is 0 Å². The Kier molecular flexibility index (Phi) is 10.9. The van der Waals surface area contributed by atoms with E-state index in [1.54, 1.807) is 43.0 Å². The first-order valence-electron chi connectivity index (χ1n) is 15.9. The number of likely N-dealkylation sites (tertiary alicyclic amines) is 1. The van der Waals surface area contributed by atoms with Crippen LogP contribution in [0.15, 0.2) is 53.6 Å². The molecule has 3 heterocycles. The van der Waals surface area contributed by atoms with Crippen LogP contribution in [-0.2, 0) is 26.0 Å². The van der Waals surface area contributed by atoms with E-state index in [9.17, 15) is 18.0 Å². The van der Waals surface area contributed by atoms with E-state index in [0.29, 0.717) is 36.8 Å². The number of anilines is 4. The molecule has 47 heavy (non-hydrogen) atoms. The summed E-state index contributed by atoms with van der Waals surface area (Å²) in [5.41, 5.74) is 1.85. The maximum absolute atomic E-state index is 13.0. The van der Waals surface area contributed by atoms with Gasteiger partial charge in [0, 0.05) is 38.8 Å². The Hall–Kier alpha value is -3.94. The summed E-state index contributed by atoms with van der Waals surface area (Å²) in [5.74, 6) is 1.29. The molecule has 3 aromatic rings. The van der Waals surface area contributed by atoms with Crippen LogP contribution in [0.1, 0.15) is 46.1 Å². The summed E-state index contributed by atoms with van der Waals surface area (Å²) in [6, 6.07) is 12.3. The van der Waals surface area contributed by atoms with Crippen molar-refractivity contribution < 1.29 is 22.7 Å². The lowest BCUT2D eigenvalue weighted by atomic mass is 9.97. The molecule has 0 aliphatic carbocycles. The molecule has 2 amide bonds. The van der Waals surface area contributed by atoms with Gasteiger partial charge < -0.3 is 30.5 Å². The number of aromatic nitrogens is 2. The van der Waals surface area contributed by atoms with Crippen LogP contribution >= 0.6 is 11.6 Å². The van der Waals surface area contributed by atoms with Gasteiger partial charge in [0.05, 0.1) is 39.7 Å². The maximum atomic E-state index is 13.0. The first-order chi connectivity index (χ1) is 22.5. The van der Waals surface area contributed by atoms with Gasteiger partial charge in [-0.3, -0.25) is 9.59 Å². The monoisotopic (exact) mass is 683 g/mol. The number of hydrogen-bond donors (Lipinski definition) is 3. The van der Waals surface area contributed by atoms with Crippen molar-refractivity contribution in [2.75, 3.05) is 36.8 Å². The second kappa shape index (κ2) is 14.9. The molecule has 0 atom stereocenters. The summed E-state index contributed by atoms with van der Waals surface area (Å²) in [4.78, 5) is 37.6. The summed E-state index contributed by atoms with van der Waals surface area (Å²) >= 11 is 6.43. The second-order valence-corrected chi connectivity index (χ2v) is 15.3. The van der Waals surface area contributed by atoms with Crippen molar-refractivity contribution >= 4 is 56.9 Å². The van der Waals surface area contributed by atoms with Crippen molar-refractivity contribution in [3.63, 3.8) is 0 Å². The smallest absolute Gasteiger partial charge is 0.229 e. The van der Waals surface area contributed by atoms with E-state index in [2.05, 4.69) is 25.9 Å². The number of nitrogens with zero attached hydrogens (tertiary/aromatic N) is 4. The van der Waals surface area contributed by atoms with Crippen LogP contribution < -0.4 is 20.7 Å². The Morgan fingerprint density at radius 1 is 1.11 bits per heavy atom. The molecule has 2 aromatic carbocycles. The number of carbonyl (C=O) groups excluding carboxylic acids is 2. The van der Waals surface area contributed by atoms with Gasteiger partial charge in [0.25, 0.3) is 0 Å². The Labute approximate surface area is 281 Å². The predicted octanol–water partition coefficient (Wildman–Crippen LogP) is 4.76. The molecule has 12 nitrogen and oxygen atoms in total. The number of nitrogens with one attached hydrogen (secondary N) is 3. The third kappa shape index (κ3) is 8.14. The summed E-state index contributed by atoms with van der Waals surface area (Å²) in [6.45, 7) is 10.3. The van der Waals surface area contributed by atoms with Crippen molar-refractivity contribution in [3.8, 4) is 5.75 Å². The SMILES string of the molecule is CC(C)Oc1cc(CN(C=O)C2CCN(C(=O)C3CNC3)CC2)ccc1Nc1ncc(Cl)c(Nc2ccccc2S(=O)(=O)C(C)C)n1. The van der Waals surface area contributed by atoms with Gasteiger partial charge in [-0.15, -0.1) is 0 Å². The van der Waals surface area contributed by atoms with Crippen LogP contribution in [-0.4, -0.2) is 84.1 Å². The Morgan fingerprint density at radius 2 is 1.83 bits per heavy atom. The van der Waals surface area contributed by atoms with Gasteiger partial charge in [-0.05, 0) is 70.4 Å². The summed E-state index contributed by atoms with van der Waals surface area (Å²) in [6.07, 6.45) is 3.65. The Morgan fingerprint density at radius 3 is 2.47 bits per heavy atom. The summed E-state index contributed by atoms with van der Waals surface area (Å²) in [5, 5.41) is 9.02. The second-order valence-electron chi connectivity index (χ2n) is 12.4. The van der Waals surface area contributed by atoms with Crippen molar-refractivity contribution in [2.24, 2.45) is 5.92 Å². The lowest BCUT2D eigenvalue weighted by Gasteiger charge is -2.39. The number of hydrogen-bond acceptors (Lipinski definition) is 10. The topological polar surface area (TPSA) is 146 Å². The largest absolute Gasteiger partial charge is 0.489 e. The first-order valence-corrected chi connectivity index (χ1v) is 17.8. The quantitative estimate of drug-likeness (QED) is 0.216. The number of amides is 2. The Balaban J connectivity index is 1.31. The fourth-order valence-corrected chi connectivity index (χ4v) is 6.90. The van der Waals surface area contributed by atoms with E-state index in [4.69, 9.17) is 16.3 Å². The average Bonchev–Trinajstić information content (AvgIpc) is 3.01. The van der Waals surface area contributed by atoms with E-state index in [1.165, 1.54) is 6.20 Å². The van der Waals surface area contributed by atoms with Gasteiger partial charge in [-0.2, -0.15) is 4.98 Å². The number of halogens is 1. The summed E-state index contributed by atoms with van der Waals surface area (Å²) < 4.78 is 32.1. The van der Waals surface area contributed by atoms with Gasteiger partial charge in [-0.25, -0.2) is 13.4 Å². The van der Waals surface area contributed by atoms with Gasteiger partial charge in [0.2, 0.25) is 18.3 Å². The molecule has 5 rings (SSSR count). The van der Waals surface area contributed by atoms with Crippen molar-refractivity contribution in [1.29, 1.82) is 0 Å². The van der Waals surface area contributed by atoms with E-state index in [-0.39, 0.29) is 45.7 Å². The third-order valence-corrected chi connectivity index (χ3v) is 10.8. The molecule has 0 saturated carbocycles. The predicted molar refractivity (Wildman–Crippen MR) is 182 cm³/mol. The van der Waals surface area contributed by atoms with Gasteiger partial charge in [-0.1, -0.05) is 29.8 Å². The molecule has 2 saturated heterocycles. The lowest BCUT2D eigenvalue weighted by Crippen LogP contribution is -2.54. The van der Waals surface area contributed by atoms with E-state index >= 15 is 0 Å². The third-order valence-electron chi connectivity index (χ3n) is 8.34. The molecule has 2 aliphatic rings. The molecule has 2 aliphatic heterocycles. The highest BCUT2D eigenvalue weighted by Crippen LogP contribution is 2.33. The highest BCUT2D eigenvalue weighted by molar-refractivity contribution is 7.92. The molecule has 2 fully saturated rings. The number of para-hydroxylation sites is 1. The minimum Gasteiger partial charge on any atom is -0.489 e. The van der Waals surface area contributed by atoms with E-state index in [1.807, 2.05) is 36.9 Å². The van der Waals surface area contributed by atoms with Gasteiger partial charge in [0.15, 0.2) is 15.7 Å². The van der Waals surface area contributed by atoms with Crippen LogP contribution in [0.2, 0.25) is 5.02 Å². The number of rotatable bonds is 13. The zero-order valence-corrected chi connectivity index (χ0v) is 28.6. The standard InChI is InChI=1S/C33H42ClN7O5S/c1-21(2)46-29-15-23(19-41(20-42)25-11-13-40(14-12-25)32(43)24-16-35-17-24)9-10-27(29)38-33-36-18-26(34)31(39-33)37-28-7-5-6-8-30(28)47(44,45)22(3)4/h5-10,15,18,20-22,24-25,35H,11-14,16-17,19H2,1-4H3,(H2,36,37,38,39). The molecular formula is C33H42ClN7O5S. The first kappa shape index (κ1) is 34.4. The molecule has 252 valence electrons. The molecule has 3 N–H and O–H groups in total. The van der Waals surface area contributed by atoms with Gasteiger partial charge >= 0.3 is 0 Å². The van der Waals surface area contributed by atoms with Crippen molar-refractivity contribution in [1.82, 2.24) is 25.1 Å². The molecule has 1 aromatic heterocycles. The van der Waals surface area contributed by atoms with Crippen LogP contribution in [0.5, 0.6) is 5.75 Å². The number of ether oxygens (including phenoxy) is 1. The molecule has 14 heteroatoms. The minimum atomic E-state index is -3.57. The van der Waals surface area contributed by atoms with Crippen LogP contribution in [0.4, 0.5) is 23.1 Å². The number of benzene rings is 2. The van der Waals surface area contributed by atoms with Crippen LogP contribution in [0, 0.1) is 5.92 Å². The number of carbonyl (C=O) groups is 2. The van der Waals surface area contributed by atoms with E-state index < -0.39 is 15.1 Å². The molecule has 0 spiro atoms. The van der Waals surface area contributed by atoms with Crippen molar-refractivity contribution in [2.45, 2.75) is 69.4 Å². The van der Waals surface area contributed by atoms with E-state index in [0.717, 1.165) is 37.9 Å². The molecule has 0 radical (unpaired) electrons. The molecule has 0 bridgehead atoms. The lowest BCUT2D eigenvalue weighted by molar-refractivity contribution is -0.139. The zero-order valence-electron chi connectivity index (χ0n) is 27.1. The highest BCUT2D eigenvalue weighted by Gasteiger charge is 2.33. The zero-order chi connectivity index (χ0) is 33.7. The minimum absolute atomic E-state index is 0.0392. The fraction of sp³-hybridized carbons (Fsp3) is 0.455. The Bertz CT molecular complexity index is 1690. The molecule has 0 unspecified atom stereocenters. The molecular weight excluding hydrogens is 642 g/mol. The number of piperidine rings is 1. The van der Waals surface area contributed by atoms with Crippen molar-refractivity contribution in [3.05, 3.63) is 59.2 Å². The highest BCUT2D eigenvalue weighted by atomic mass is 35.5. The average molecular weight is 684 g/mol. The van der Waals surface area contributed by atoms with Crippen LogP contribution in [0.25, 0.3) is 0 Å².